The lowest BCUT2D eigenvalue weighted by Crippen LogP contribution is -2.37. The standard InChI is InChI=1S/C19H25N5O5S/c1-13-6-7-16(12-17(13)24(26)27)19(25)22-8-5-9-23(11-10-22)30(28,29)18-14(2)20-21(4)15(18)3/h6-7,12H,5,8-11H2,1-4H3. The number of aromatic nitrogens is 2. The third-order valence-corrected chi connectivity index (χ3v) is 7.59. The first-order valence-corrected chi connectivity index (χ1v) is 11.0. The monoisotopic (exact) mass is 435 g/mol. The number of hydrogen-bond acceptors (Lipinski definition) is 6. The van der Waals surface area contributed by atoms with Crippen LogP contribution in [-0.4, -0.2) is 64.4 Å². The number of hydrogen-bond donors (Lipinski definition) is 0. The predicted molar refractivity (Wildman–Crippen MR) is 110 cm³/mol. The van der Waals surface area contributed by atoms with E-state index in [1.165, 1.54) is 10.4 Å². The van der Waals surface area contributed by atoms with Gasteiger partial charge in [0.2, 0.25) is 10.0 Å². The van der Waals surface area contributed by atoms with Gasteiger partial charge in [-0.2, -0.15) is 9.40 Å². The molecule has 1 aliphatic heterocycles. The molecule has 0 radical (unpaired) electrons. The van der Waals surface area contributed by atoms with Crippen molar-refractivity contribution in [1.29, 1.82) is 0 Å². The number of rotatable bonds is 4. The average Bonchev–Trinajstić information content (AvgIpc) is 2.86. The maximum Gasteiger partial charge on any atom is 0.273 e. The molecule has 11 heteroatoms. The van der Waals surface area contributed by atoms with E-state index >= 15 is 0 Å². The first-order chi connectivity index (χ1) is 14.0. The first-order valence-electron chi connectivity index (χ1n) is 9.58. The molecule has 0 spiro atoms. The molecule has 1 aromatic heterocycles. The van der Waals surface area contributed by atoms with Crippen molar-refractivity contribution in [3.63, 3.8) is 0 Å². The van der Waals surface area contributed by atoms with Gasteiger partial charge in [-0.15, -0.1) is 0 Å². The van der Waals surface area contributed by atoms with Gasteiger partial charge in [-0.05, 0) is 33.3 Å². The summed E-state index contributed by atoms with van der Waals surface area (Å²) in [5.74, 6) is -0.342. The van der Waals surface area contributed by atoms with E-state index in [2.05, 4.69) is 5.10 Å². The number of nitro groups is 1. The highest BCUT2D eigenvalue weighted by atomic mass is 32.2. The molecule has 1 aliphatic rings. The summed E-state index contributed by atoms with van der Waals surface area (Å²) in [5, 5.41) is 15.4. The Morgan fingerprint density at radius 3 is 2.43 bits per heavy atom. The number of nitrogens with zero attached hydrogens (tertiary/aromatic N) is 5. The van der Waals surface area contributed by atoms with E-state index < -0.39 is 14.9 Å². The summed E-state index contributed by atoms with van der Waals surface area (Å²) in [6.45, 7) is 6.01. The number of sulfonamides is 1. The van der Waals surface area contributed by atoms with Crippen LogP contribution in [0.3, 0.4) is 0 Å². The zero-order valence-electron chi connectivity index (χ0n) is 17.5. The first kappa shape index (κ1) is 21.9. The summed E-state index contributed by atoms with van der Waals surface area (Å²) in [7, 11) is -2.04. The van der Waals surface area contributed by atoms with Crippen molar-refractivity contribution in [3.8, 4) is 0 Å². The van der Waals surface area contributed by atoms with E-state index in [1.54, 1.807) is 49.5 Å². The maximum absolute atomic E-state index is 13.2. The Balaban J connectivity index is 1.80. The second kappa shape index (κ2) is 8.15. The summed E-state index contributed by atoms with van der Waals surface area (Å²) in [4.78, 5) is 25.3. The van der Waals surface area contributed by atoms with E-state index in [0.717, 1.165) is 0 Å². The van der Waals surface area contributed by atoms with E-state index in [4.69, 9.17) is 0 Å². The molecule has 1 aromatic carbocycles. The van der Waals surface area contributed by atoms with E-state index in [1.807, 2.05) is 0 Å². The Bertz CT molecular complexity index is 1110. The Hall–Kier alpha value is -2.79. The average molecular weight is 436 g/mol. The molecule has 1 fully saturated rings. The zero-order valence-corrected chi connectivity index (χ0v) is 18.3. The molecule has 0 saturated carbocycles. The largest absolute Gasteiger partial charge is 0.337 e. The van der Waals surface area contributed by atoms with Crippen molar-refractivity contribution in [3.05, 3.63) is 50.8 Å². The van der Waals surface area contributed by atoms with E-state index in [9.17, 15) is 23.3 Å². The van der Waals surface area contributed by atoms with Gasteiger partial charge < -0.3 is 4.90 Å². The molecule has 30 heavy (non-hydrogen) atoms. The number of aryl methyl sites for hydroxylation is 3. The van der Waals surface area contributed by atoms with Crippen molar-refractivity contribution in [2.45, 2.75) is 32.1 Å². The van der Waals surface area contributed by atoms with Crippen LogP contribution in [0.4, 0.5) is 5.69 Å². The molecule has 2 aromatic rings. The topological polar surface area (TPSA) is 119 Å². The quantitative estimate of drug-likeness (QED) is 0.534. The van der Waals surface area contributed by atoms with Gasteiger partial charge in [0.15, 0.2) is 0 Å². The fourth-order valence-corrected chi connectivity index (χ4v) is 5.58. The minimum Gasteiger partial charge on any atom is -0.337 e. The van der Waals surface area contributed by atoms with Crippen molar-refractivity contribution in [2.24, 2.45) is 7.05 Å². The fourth-order valence-electron chi connectivity index (χ4n) is 3.72. The molecule has 0 unspecified atom stereocenters. The number of carbonyl (C=O) groups excluding carboxylic acids is 1. The van der Waals surface area contributed by atoms with E-state index in [-0.39, 0.29) is 41.7 Å². The lowest BCUT2D eigenvalue weighted by Gasteiger charge is -2.22. The summed E-state index contributed by atoms with van der Waals surface area (Å²) in [5.41, 5.74) is 1.60. The van der Waals surface area contributed by atoms with Gasteiger partial charge in [0.1, 0.15) is 4.90 Å². The molecule has 10 nitrogen and oxygen atoms in total. The Labute approximate surface area is 175 Å². The molecule has 0 N–H and O–H groups in total. The fraction of sp³-hybridized carbons (Fsp3) is 0.474. The Morgan fingerprint density at radius 1 is 1.13 bits per heavy atom. The van der Waals surface area contributed by atoms with Crippen LogP contribution in [0, 0.1) is 30.9 Å². The van der Waals surface area contributed by atoms with Crippen LogP contribution in [-0.2, 0) is 17.1 Å². The molecule has 0 bridgehead atoms. The van der Waals surface area contributed by atoms with Gasteiger partial charge in [0.05, 0.1) is 16.3 Å². The smallest absolute Gasteiger partial charge is 0.273 e. The van der Waals surface area contributed by atoms with Gasteiger partial charge in [0.25, 0.3) is 11.6 Å². The van der Waals surface area contributed by atoms with Crippen LogP contribution in [0.2, 0.25) is 0 Å². The van der Waals surface area contributed by atoms with Gasteiger partial charge in [-0.1, -0.05) is 6.07 Å². The van der Waals surface area contributed by atoms with Gasteiger partial charge in [-0.25, -0.2) is 8.42 Å². The second-order valence-electron chi connectivity index (χ2n) is 7.43. The molecule has 3 rings (SSSR count). The highest BCUT2D eigenvalue weighted by Crippen LogP contribution is 2.25. The van der Waals surface area contributed by atoms with Crippen LogP contribution >= 0.6 is 0 Å². The van der Waals surface area contributed by atoms with Crippen molar-refractivity contribution >= 4 is 21.6 Å². The van der Waals surface area contributed by atoms with Crippen molar-refractivity contribution < 1.29 is 18.1 Å². The summed E-state index contributed by atoms with van der Waals surface area (Å²) < 4.78 is 29.3. The highest BCUT2D eigenvalue weighted by molar-refractivity contribution is 7.89. The van der Waals surface area contributed by atoms with E-state index in [0.29, 0.717) is 29.9 Å². The number of carbonyl (C=O) groups is 1. The van der Waals surface area contributed by atoms with Crippen LogP contribution in [0.15, 0.2) is 23.1 Å². The zero-order chi connectivity index (χ0) is 22.2. The van der Waals surface area contributed by atoms with Crippen LogP contribution in [0.1, 0.15) is 33.7 Å². The Morgan fingerprint density at radius 2 is 1.83 bits per heavy atom. The molecule has 1 saturated heterocycles. The molecule has 162 valence electrons. The molecule has 0 aliphatic carbocycles. The van der Waals surface area contributed by atoms with Crippen molar-refractivity contribution in [1.82, 2.24) is 19.0 Å². The molecule has 0 atom stereocenters. The van der Waals surface area contributed by atoms with Crippen LogP contribution in [0.5, 0.6) is 0 Å². The summed E-state index contributed by atoms with van der Waals surface area (Å²) in [6, 6.07) is 4.39. The van der Waals surface area contributed by atoms with Gasteiger partial charge >= 0.3 is 0 Å². The second-order valence-corrected chi connectivity index (χ2v) is 9.31. The lowest BCUT2D eigenvalue weighted by atomic mass is 10.1. The Kier molecular flexibility index (Phi) is 5.95. The summed E-state index contributed by atoms with van der Waals surface area (Å²) in [6.07, 6.45) is 0.470. The third-order valence-electron chi connectivity index (χ3n) is 5.44. The van der Waals surface area contributed by atoms with Gasteiger partial charge in [0, 0.05) is 50.4 Å². The third kappa shape index (κ3) is 3.94. The molecule has 2 heterocycles. The number of benzene rings is 1. The molecule has 1 amide bonds. The number of nitro benzene ring substituents is 1. The predicted octanol–water partition coefficient (Wildman–Crippen LogP) is 1.79. The minimum atomic E-state index is -3.74. The SMILES string of the molecule is Cc1ccc(C(=O)N2CCCN(S(=O)(=O)c3c(C)nn(C)c3C)CC2)cc1[N+](=O)[O-]. The molecular formula is C19H25N5O5S. The molecular weight excluding hydrogens is 410 g/mol. The maximum atomic E-state index is 13.2. The normalized spacial score (nSPS) is 15.8. The summed E-state index contributed by atoms with van der Waals surface area (Å²) >= 11 is 0. The highest BCUT2D eigenvalue weighted by Gasteiger charge is 2.33. The minimum absolute atomic E-state index is 0.109. The van der Waals surface area contributed by atoms with Crippen molar-refractivity contribution in [2.75, 3.05) is 26.2 Å². The van der Waals surface area contributed by atoms with Crippen LogP contribution in [0.25, 0.3) is 0 Å². The van der Waals surface area contributed by atoms with Crippen LogP contribution < -0.4 is 0 Å². The lowest BCUT2D eigenvalue weighted by molar-refractivity contribution is -0.385. The number of amides is 1. The van der Waals surface area contributed by atoms with Gasteiger partial charge in [-0.3, -0.25) is 19.6 Å².